The highest BCUT2D eigenvalue weighted by Gasteiger charge is 2.46. The summed E-state index contributed by atoms with van der Waals surface area (Å²) in [6.45, 7) is 4.84. The Morgan fingerprint density at radius 2 is 2.12 bits per heavy atom. The Labute approximate surface area is 149 Å². The van der Waals surface area contributed by atoms with E-state index in [-0.39, 0.29) is 5.60 Å². The lowest BCUT2D eigenvalue weighted by molar-refractivity contribution is 0.0102. The van der Waals surface area contributed by atoms with Crippen LogP contribution in [0.25, 0.3) is 0 Å². The lowest BCUT2D eigenvalue weighted by Gasteiger charge is -2.26. The molecule has 4 heterocycles. The highest BCUT2D eigenvalue weighted by Crippen LogP contribution is 2.37. The number of hydrogen-bond donors (Lipinski definition) is 0. The molecule has 0 N–H and O–H groups in total. The van der Waals surface area contributed by atoms with Crippen molar-refractivity contribution in [1.29, 1.82) is 0 Å². The van der Waals surface area contributed by atoms with Crippen LogP contribution in [0.2, 0.25) is 0 Å². The summed E-state index contributed by atoms with van der Waals surface area (Å²) < 4.78 is 6.32. The molecular formula is C20H26N4O. The van der Waals surface area contributed by atoms with Crippen LogP contribution in [0, 0.1) is 0 Å². The van der Waals surface area contributed by atoms with Crippen molar-refractivity contribution in [2.24, 2.45) is 0 Å². The van der Waals surface area contributed by atoms with Gasteiger partial charge in [-0.3, -0.25) is 19.8 Å². The molecule has 4 rings (SSSR count). The molecular weight excluding hydrogens is 312 g/mol. The average molecular weight is 338 g/mol. The third kappa shape index (κ3) is 3.89. The Morgan fingerprint density at radius 3 is 2.92 bits per heavy atom. The first kappa shape index (κ1) is 16.6. The molecule has 1 spiro atoms. The minimum absolute atomic E-state index is 0.0378. The Morgan fingerprint density at radius 1 is 1.24 bits per heavy atom. The topological polar surface area (TPSA) is 41.5 Å². The molecule has 0 amide bonds. The van der Waals surface area contributed by atoms with Crippen molar-refractivity contribution in [2.75, 3.05) is 26.7 Å². The van der Waals surface area contributed by atoms with Gasteiger partial charge in [-0.05, 0) is 49.7 Å². The molecule has 0 aromatic carbocycles. The maximum Gasteiger partial charge on any atom is 0.0837 e. The predicted octanol–water partition coefficient (Wildman–Crippen LogP) is 2.34. The van der Waals surface area contributed by atoms with Crippen molar-refractivity contribution in [2.45, 2.75) is 37.6 Å². The number of pyridine rings is 2. The standard InChI is InChI=1S/C20H26N4O/c1-23(14-18-4-2-3-8-22-18)19-12-20(25-15-19)7-11-24(16-20)13-17-5-9-21-10-6-17/h2-6,8-10,19H,7,11-16H2,1H3/t19-,20-/m0/s1. The van der Waals surface area contributed by atoms with Crippen molar-refractivity contribution in [3.05, 3.63) is 60.2 Å². The van der Waals surface area contributed by atoms with Crippen LogP contribution in [0.4, 0.5) is 0 Å². The van der Waals surface area contributed by atoms with Crippen LogP contribution >= 0.6 is 0 Å². The van der Waals surface area contributed by atoms with Gasteiger partial charge in [-0.15, -0.1) is 0 Å². The fourth-order valence-electron chi connectivity index (χ4n) is 4.07. The number of aromatic nitrogens is 2. The van der Waals surface area contributed by atoms with Crippen LogP contribution in [-0.2, 0) is 17.8 Å². The first-order valence-electron chi connectivity index (χ1n) is 9.08. The van der Waals surface area contributed by atoms with E-state index in [9.17, 15) is 0 Å². The number of hydrogen-bond acceptors (Lipinski definition) is 5. The van der Waals surface area contributed by atoms with Gasteiger partial charge in [0.25, 0.3) is 0 Å². The number of rotatable bonds is 5. The maximum absolute atomic E-state index is 6.32. The minimum atomic E-state index is 0.0378. The molecule has 0 bridgehead atoms. The maximum atomic E-state index is 6.32. The first-order chi connectivity index (χ1) is 12.2. The third-order valence-electron chi connectivity index (χ3n) is 5.50. The summed E-state index contributed by atoms with van der Waals surface area (Å²) in [5, 5.41) is 0. The largest absolute Gasteiger partial charge is 0.372 e. The third-order valence-corrected chi connectivity index (χ3v) is 5.50. The monoisotopic (exact) mass is 338 g/mol. The Kier molecular flexibility index (Phi) is 4.79. The number of nitrogens with zero attached hydrogens (tertiary/aromatic N) is 4. The molecule has 0 aliphatic carbocycles. The van der Waals surface area contributed by atoms with Gasteiger partial charge in [0, 0.05) is 50.8 Å². The van der Waals surface area contributed by atoms with Crippen LogP contribution in [0.5, 0.6) is 0 Å². The van der Waals surface area contributed by atoms with E-state index in [0.29, 0.717) is 6.04 Å². The molecule has 2 saturated heterocycles. The molecule has 2 aliphatic rings. The van der Waals surface area contributed by atoms with Gasteiger partial charge in [0.15, 0.2) is 0 Å². The van der Waals surface area contributed by atoms with E-state index >= 15 is 0 Å². The van der Waals surface area contributed by atoms with Crippen LogP contribution in [0.1, 0.15) is 24.1 Å². The lowest BCUT2D eigenvalue weighted by Crippen LogP contribution is -2.36. The fraction of sp³-hybridized carbons (Fsp3) is 0.500. The van der Waals surface area contributed by atoms with E-state index < -0.39 is 0 Å². The second kappa shape index (κ2) is 7.20. The second-order valence-corrected chi connectivity index (χ2v) is 7.40. The van der Waals surface area contributed by atoms with Crippen molar-refractivity contribution >= 4 is 0 Å². The molecule has 2 aliphatic heterocycles. The molecule has 2 fully saturated rings. The average Bonchev–Trinajstić information content (AvgIpc) is 3.24. The number of ether oxygens (including phenoxy) is 1. The SMILES string of the molecule is CN(Cc1ccccn1)[C@@H]1CO[C@@]2(CCN(Cc3ccncc3)C2)C1. The van der Waals surface area contributed by atoms with Gasteiger partial charge in [-0.1, -0.05) is 6.07 Å². The van der Waals surface area contributed by atoms with E-state index in [0.717, 1.165) is 51.3 Å². The molecule has 132 valence electrons. The highest BCUT2D eigenvalue weighted by atomic mass is 16.5. The summed E-state index contributed by atoms with van der Waals surface area (Å²) in [5.41, 5.74) is 2.49. The quantitative estimate of drug-likeness (QED) is 0.837. The van der Waals surface area contributed by atoms with Gasteiger partial charge in [0.1, 0.15) is 0 Å². The van der Waals surface area contributed by atoms with Gasteiger partial charge in [0.05, 0.1) is 17.9 Å². The zero-order valence-corrected chi connectivity index (χ0v) is 14.8. The van der Waals surface area contributed by atoms with E-state index in [2.05, 4.69) is 51.1 Å². The molecule has 25 heavy (non-hydrogen) atoms. The second-order valence-electron chi connectivity index (χ2n) is 7.40. The van der Waals surface area contributed by atoms with Crippen LogP contribution in [-0.4, -0.2) is 58.2 Å². The van der Waals surface area contributed by atoms with Crippen LogP contribution in [0.3, 0.4) is 0 Å². The zero-order valence-electron chi connectivity index (χ0n) is 14.8. The summed E-state index contributed by atoms with van der Waals surface area (Å²) >= 11 is 0. The Bertz CT molecular complexity index is 681. The normalized spacial score (nSPS) is 26.7. The Hall–Kier alpha value is -1.82. The molecule has 2 atom stereocenters. The number of likely N-dealkylation sites (tertiary alicyclic amines) is 1. The highest BCUT2D eigenvalue weighted by molar-refractivity contribution is 5.11. The van der Waals surface area contributed by atoms with Gasteiger partial charge >= 0.3 is 0 Å². The van der Waals surface area contributed by atoms with E-state index in [1.165, 1.54) is 5.56 Å². The first-order valence-corrected chi connectivity index (χ1v) is 9.08. The summed E-state index contributed by atoms with van der Waals surface area (Å²) in [6.07, 6.45) is 7.85. The summed E-state index contributed by atoms with van der Waals surface area (Å²) in [7, 11) is 2.19. The lowest BCUT2D eigenvalue weighted by atomic mass is 9.96. The summed E-state index contributed by atoms with van der Waals surface area (Å²) in [4.78, 5) is 13.4. The van der Waals surface area contributed by atoms with Gasteiger partial charge in [-0.2, -0.15) is 0 Å². The van der Waals surface area contributed by atoms with Crippen LogP contribution < -0.4 is 0 Å². The predicted molar refractivity (Wildman–Crippen MR) is 96.9 cm³/mol. The molecule has 2 aromatic rings. The smallest absolute Gasteiger partial charge is 0.0837 e. The number of likely N-dealkylation sites (N-methyl/N-ethyl adjacent to an activating group) is 1. The molecule has 2 aromatic heterocycles. The van der Waals surface area contributed by atoms with Crippen molar-refractivity contribution in [3.63, 3.8) is 0 Å². The van der Waals surface area contributed by atoms with Gasteiger partial charge in [-0.25, -0.2) is 0 Å². The van der Waals surface area contributed by atoms with Gasteiger partial charge < -0.3 is 4.74 Å². The summed E-state index contributed by atoms with van der Waals surface area (Å²) in [6, 6.07) is 10.8. The zero-order chi connectivity index (χ0) is 17.1. The van der Waals surface area contributed by atoms with E-state index in [1.807, 2.05) is 24.7 Å². The minimum Gasteiger partial charge on any atom is -0.372 e. The molecule has 5 heteroatoms. The molecule has 0 unspecified atom stereocenters. The fourth-order valence-corrected chi connectivity index (χ4v) is 4.07. The molecule has 0 radical (unpaired) electrons. The molecule has 0 saturated carbocycles. The summed E-state index contributed by atoms with van der Waals surface area (Å²) in [5.74, 6) is 0. The van der Waals surface area contributed by atoms with Crippen molar-refractivity contribution in [1.82, 2.24) is 19.8 Å². The molecule has 5 nitrogen and oxygen atoms in total. The van der Waals surface area contributed by atoms with Crippen molar-refractivity contribution in [3.8, 4) is 0 Å². The van der Waals surface area contributed by atoms with Crippen LogP contribution in [0.15, 0.2) is 48.9 Å². The van der Waals surface area contributed by atoms with E-state index in [1.54, 1.807) is 0 Å². The van der Waals surface area contributed by atoms with E-state index in [4.69, 9.17) is 4.74 Å². The van der Waals surface area contributed by atoms with Crippen molar-refractivity contribution < 1.29 is 4.74 Å². The Balaban J connectivity index is 1.32. The van der Waals surface area contributed by atoms with Gasteiger partial charge in [0.2, 0.25) is 0 Å².